The standard InChI is InChI=1S/C20H24N2O6S/c1-4-6-21(7-5-2)18(23)11-22-19(24)17(29-20(22)25)9-13-8-15-16(28-12-27-15)10-14(13)26-3/h8-10H,4-7,11-12H2,1-3H3/b17-9-. The van der Waals surface area contributed by atoms with Crippen LogP contribution in [-0.2, 0) is 9.59 Å². The third kappa shape index (κ3) is 4.50. The highest BCUT2D eigenvalue weighted by atomic mass is 32.2. The number of carbonyl (C=O) groups excluding carboxylic acids is 3. The van der Waals surface area contributed by atoms with Crippen molar-refractivity contribution in [2.24, 2.45) is 0 Å². The zero-order chi connectivity index (χ0) is 21.0. The highest BCUT2D eigenvalue weighted by Gasteiger charge is 2.37. The first kappa shape index (κ1) is 21.0. The molecular formula is C20H24N2O6S. The number of methoxy groups -OCH3 is 1. The van der Waals surface area contributed by atoms with E-state index in [1.54, 1.807) is 23.1 Å². The van der Waals surface area contributed by atoms with Crippen LogP contribution in [-0.4, -0.2) is 60.4 Å². The van der Waals surface area contributed by atoms with Gasteiger partial charge < -0.3 is 19.1 Å². The number of benzene rings is 1. The van der Waals surface area contributed by atoms with Crippen LogP contribution in [0.4, 0.5) is 4.79 Å². The number of carbonyl (C=O) groups is 3. The van der Waals surface area contributed by atoms with Gasteiger partial charge in [0.1, 0.15) is 12.3 Å². The lowest BCUT2D eigenvalue weighted by molar-refractivity contribution is -0.135. The van der Waals surface area contributed by atoms with Crippen LogP contribution < -0.4 is 14.2 Å². The summed E-state index contributed by atoms with van der Waals surface area (Å²) in [7, 11) is 1.51. The van der Waals surface area contributed by atoms with Crippen molar-refractivity contribution < 1.29 is 28.6 Å². The van der Waals surface area contributed by atoms with Crippen molar-refractivity contribution in [3.63, 3.8) is 0 Å². The first-order chi connectivity index (χ1) is 14.0. The van der Waals surface area contributed by atoms with Crippen LogP contribution in [0.2, 0.25) is 0 Å². The molecular weight excluding hydrogens is 396 g/mol. The van der Waals surface area contributed by atoms with E-state index in [2.05, 4.69) is 0 Å². The lowest BCUT2D eigenvalue weighted by atomic mass is 10.1. The van der Waals surface area contributed by atoms with Crippen LogP contribution >= 0.6 is 11.8 Å². The Morgan fingerprint density at radius 2 is 1.86 bits per heavy atom. The Labute approximate surface area is 173 Å². The summed E-state index contributed by atoms with van der Waals surface area (Å²) in [6, 6.07) is 3.37. The zero-order valence-corrected chi connectivity index (χ0v) is 17.5. The molecule has 9 heteroatoms. The highest BCUT2D eigenvalue weighted by Crippen LogP contribution is 2.40. The van der Waals surface area contributed by atoms with Gasteiger partial charge in [0.2, 0.25) is 12.7 Å². The maximum atomic E-state index is 12.8. The molecule has 0 spiro atoms. The fraction of sp³-hybridized carbons (Fsp3) is 0.450. The van der Waals surface area contributed by atoms with Crippen molar-refractivity contribution in [1.82, 2.24) is 9.80 Å². The van der Waals surface area contributed by atoms with Crippen LogP contribution in [0.25, 0.3) is 6.08 Å². The molecule has 0 bridgehead atoms. The molecule has 1 fully saturated rings. The second-order valence-corrected chi connectivity index (χ2v) is 7.59. The first-order valence-corrected chi connectivity index (χ1v) is 10.3. The van der Waals surface area contributed by atoms with Gasteiger partial charge in [-0.2, -0.15) is 0 Å². The summed E-state index contributed by atoms with van der Waals surface area (Å²) in [5, 5.41) is -0.456. The molecule has 0 atom stereocenters. The third-order valence-corrected chi connectivity index (χ3v) is 5.43. The molecule has 0 saturated carbocycles. The van der Waals surface area contributed by atoms with Crippen LogP contribution in [0.3, 0.4) is 0 Å². The summed E-state index contributed by atoms with van der Waals surface area (Å²) >= 11 is 0.810. The third-order valence-electron chi connectivity index (χ3n) is 4.52. The van der Waals surface area contributed by atoms with Gasteiger partial charge in [-0.25, -0.2) is 0 Å². The number of imide groups is 1. The van der Waals surface area contributed by atoms with Crippen molar-refractivity contribution in [3.8, 4) is 17.2 Å². The number of nitrogens with zero attached hydrogens (tertiary/aromatic N) is 2. The molecule has 0 radical (unpaired) electrons. The molecule has 2 aliphatic rings. The predicted octanol–water partition coefficient (Wildman–Crippen LogP) is 3.11. The molecule has 2 aliphatic heterocycles. The number of ether oxygens (including phenoxy) is 3. The minimum Gasteiger partial charge on any atom is -0.496 e. The van der Waals surface area contributed by atoms with Crippen LogP contribution in [0.1, 0.15) is 32.3 Å². The van der Waals surface area contributed by atoms with Crippen LogP contribution in [0, 0.1) is 0 Å². The van der Waals surface area contributed by atoms with E-state index in [1.165, 1.54) is 7.11 Å². The van der Waals surface area contributed by atoms with Gasteiger partial charge in [0, 0.05) is 24.7 Å². The summed E-state index contributed by atoms with van der Waals surface area (Å²) in [6.07, 6.45) is 3.21. The zero-order valence-electron chi connectivity index (χ0n) is 16.7. The van der Waals surface area contributed by atoms with E-state index in [-0.39, 0.29) is 24.2 Å². The van der Waals surface area contributed by atoms with Gasteiger partial charge in [-0.1, -0.05) is 13.8 Å². The van der Waals surface area contributed by atoms with Gasteiger partial charge in [0.05, 0.1) is 12.0 Å². The summed E-state index contributed by atoms with van der Waals surface area (Å²) in [5.41, 5.74) is 0.590. The maximum absolute atomic E-state index is 12.8. The molecule has 29 heavy (non-hydrogen) atoms. The Kier molecular flexibility index (Phi) is 6.68. The average molecular weight is 420 g/mol. The minimum absolute atomic E-state index is 0.118. The Morgan fingerprint density at radius 1 is 1.21 bits per heavy atom. The Balaban J connectivity index is 1.79. The van der Waals surface area contributed by atoms with E-state index in [1.807, 2.05) is 13.8 Å². The largest absolute Gasteiger partial charge is 0.496 e. The fourth-order valence-electron chi connectivity index (χ4n) is 3.14. The first-order valence-electron chi connectivity index (χ1n) is 9.49. The van der Waals surface area contributed by atoms with E-state index in [0.29, 0.717) is 35.9 Å². The van der Waals surface area contributed by atoms with E-state index in [4.69, 9.17) is 14.2 Å². The molecule has 1 aromatic rings. The van der Waals surface area contributed by atoms with Gasteiger partial charge in [-0.05, 0) is 36.7 Å². The van der Waals surface area contributed by atoms with E-state index < -0.39 is 11.1 Å². The second-order valence-electron chi connectivity index (χ2n) is 6.60. The number of hydrogen-bond donors (Lipinski definition) is 0. The summed E-state index contributed by atoms with van der Waals surface area (Å²) in [5.74, 6) is 0.888. The minimum atomic E-state index is -0.485. The van der Waals surface area contributed by atoms with Crippen molar-refractivity contribution in [1.29, 1.82) is 0 Å². The molecule has 0 aliphatic carbocycles. The van der Waals surface area contributed by atoms with E-state index in [9.17, 15) is 14.4 Å². The number of rotatable bonds is 8. The van der Waals surface area contributed by atoms with Gasteiger partial charge in [0.25, 0.3) is 11.1 Å². The SMILES string of the molecule is CCCN(CCC)C(=O)CN1C(=O)S/C(=C\c2cc3c(cc2OC)OCO3)C1=O. The average Bonchev–Trinajstić information content (AvgIpc) is 3.26. The topological polar surface area (TPSA) is 85.4 Å². The molecule has 1 saturated heterocycles. The Bertz CT molecular complexity index is 848. The molecule has 0 N–H and O–H groups in total. The van der Waals surface area contributed by atoms with Crippen LogP contribution in [0.5, 0.6) is 17.2 Å². The fourth-order valence-corrected chi connectivity index (χ4v) is 3.97. The number of fused-ring (bicyclic) bond motifs is 1. The van der Waals surface area contributed by atoms with Crippen molar-refractivity contribution in [2.45, 2.75) is 26.7 Å². The van der Waals surface area contributed by atoms with Gasteiger partial charge in [0.15, 0.2) is 11.5 Å². The number of amides is 3. The second kappa shape index (κ2) is 9.21. The number of thioether (sulfide) groups is 1. The molecule has 0 aromatic heterocycles. The maximum Gasteiger partial charge on any atom is 0.294 e. The molecule has 3 amide bonds. The molecule has 8 nitrogen and oxygen atoms in total. The van der Waals surface area contributed by atoms with Crippen molar-refractivity contribution in [3.05, 3.63) is 22.6 Å². The summed E-state index contributed by atoms with van der Waals surface area (Å²) in [6.45, 7) is 5.04. The predicted molar refractivity (Wildman–Crippen MR) is 109 cm³/mol. The normalized spacial score (nSPS) is 16.7. The lowest BCUT2D eigenvalue weighted by Gasteiger charge is -2.23. The quantitative estimate of drug-likeness (QED) is 0.597. The summed E-state index contributed by atoms with van der Waals surface area (Å²) < 4.78 is 16.1. The molecule has 3 rings (SSSR count). The molecule has 2 heterocycles. The number of hydrogen-bond acceptors (Lipinski definition) is 7. The van der Waals surface area contributed by atoms with E-state index >= 15 is 0 Å². The Hall–Kier alpha value is -2.68. The molecule has 1 aromatic carbocycles. The molecule has 0 unspecified atom stereocenters. The smallest absolute Gasteiger partial charge is 0.294 e. The van der Waals surface area contributed by atoms with Crippen molar-refractivity contribution in [2.75, 3.05) is 33.5 Å². The monoisotopic (exact) mass is 420 g/mol. The van der Waals surface area contributed by atoms with Crippen LogP contribution in [0.15, 0.2) is 17.0 Å². The molecule has 156 valence electrons. The van der Waals surface area contributed by atoms with Crippen molar-refractivity contribution >= 4 is 34.9 Å². The van der Waals surface area contributed by atoms with Gasteiger partial charge in [-0.3, -0.25) is 19.3 Å². The van der Waals surface area contributed by atoms with E-state index in [0.717, 1.165) is 29.5 Å². The van der Waals surface area contributed by atoms with Gasteiger partial charge in [-0.15, -0.1) is 0 Å². The highest BCUT2D eigenvalue weighted by molar-refractivity contribution is 8.18. The Morgan fingerprint density at radius 3 is 2.48 bits per heavy atom. The van der Waals surface area contributed by atoms with Gasteiger partial charge >= 0.3 is 0 Å². The summed E-state index contributed by atoms with van der Waals surface area (Å²) in [4.78, 5) is 40.6. The lowest BCUT2D eigenvalue weighted by Crippen LogP contribution is -2.42.